The highest BCUT2D eigenvalue weighted by Gasteiger charge is 2.11. The summed E-state index contributed by atoms with van der Waals surface area (Å²) in [5.41, 5.74) is 9.05. The van der Waals surface area contributed by atoms with Gasteiger partial charge in [-0.2, -0.15) is 0 Å². The smallest absolute Gasteiger partial charge is 0.0947 e. The molecule has 0 amide bonds. The molecule has 0 aliphatic rings. The molecule has 0 aliphatic carbocycles. The van der Waals surface area contributed by atoms with Crippen LogP contribution in [-0.4, -0.2) is 14.5 Å². The van der Waals surface area contributed by atoms with Crippen molar-refractivity contribution < 1.29 is 0 Å². The van der Waals surface area contributed by atoms with Gasteiger partial charge in [0.1, 0.15) is 0 Å². The highest BCUT2D eigenvalue weighted by atomic mass is 15.0. The van der Waals surface area contributed by atoms with Crippen LogP contribution in [0.3, 0.4) is 0 Å². The monoisotopic (exact) mass is 202 g/mol. The highest BCUT2D eigenvalue weighted by Crippen LogP contribution is 2.17. The molecule has 0 saturated heterocycles. The van der Waals surface area contributed by atoms with Crippen molar-refractivity contribution in [2.75, 3.05) is 0 Å². The number of pyridine rings is 1. The Bertz CT molecular complexity index is 461. The summed E-state index contributed by atoms with van der Waals surface area (Å²) < 4.78 is 1.89. The summed E-state index contributed by atoms with van der Waals surface area (Å²) in [6.45, 7) is 2.00. The van der Waals surface area contributed by atoms with E-state index in [0.717, 1.165) is 16.8 Å². The quantitative estimate of drug-likeness (QED) is 0.795. The van der Waals surface area contributed by atoms with E-state index in [0.29, 0.717) is 0 Å². The zero-order valence-corrected chi connectivity index (χ0v) is 8.88. The number of rotatable bonds is 2. The summed E-state index contributed by atoms with van der Waals surface area (Å²) in [6.07, 6.45) is 7.27. The van der Waals surface area contributed by atoms with Crippen LogP contribution in [0.15, 0.2) is 31.0 Å². The average Bonchev–Trinajstić information content (AvgIpc) is 2.64. The topological polar surface area (TPSA) is 56.7 Å². The maximum absolute atomic E-state index is 6.08. The molecular weight excluding hydrogens is 188 g/mol. The van der Waals surface area contributed by atoms with Crippen LogP contribution in [-0.2, 0) is 7.05 Å². The van der Waals surface area contributed by atoms with E-state index in [1.807, 2.05) is 37.0 Å². The highest BCUT2D eigenvalue weighted by molar-refractivity contribution is 5.26. The molecule has 78 valence electrons. The maximum Gasteiger partial charge on any atom is 0.0947 e. The van der Waals surface area contributed by atoms with Crippen LogP contribution in [0.25, 0.3) is 0 Å². The Balaban J connectivity index is 2.32. The van der Waals surface area contributed by atoms with Gasteiger partial charge in [-0.15, -0.1) is 0 Å². The van der Waals surface area contributed by atoms with E-state index in [1.54, 1.807) is 12.5 Å². The number of aromatic nitrogens is 3. The Morgan fingerprint density at radius 1 is 1.40 bits per heavy atom. The molecule has 2 rings (SSSR count). The molecule has 1 unspecified atom stereocenters. The molecule has 0 spiro atoms. The van der Waals surface area contributed by atoms with Gasteiger partial charge < -0.3 is 10.3 Å². The van der Waals surface area contributed by atoms with Crippen molar-refractivity contribution in [3.8, 4) is 0 Å². The molecule has 0 bridgehead atoms. The lowest BCUT2D eigenvalue weighted by molar-refractivity contribution is 0.826. The number of hydrogen-bond acceptors (Lipinski definition) is 3. The largest absolute Gasteiger partial charge is 0.340 e. The van der Waals surface area contributed by atoms with E-state index in [4.69, 9.17) is 5.73 Å². The van der Waals surface area contributed by atoms with Gasteiger partial charge in [-0.1, -0.05) is 6.07 Å². The summed E-state index contributed by atoms with van der Waals surface area (Å²) in [5.74, 6) is 0. The van der Waals surface area contributed by atoms with E-state index < -0.39 is 0 Å². The van der Waals surface area contributed by atoms with Crippen LogP contribution in [0.2, 0.25) is 0 Å². The summed E-state index contributed by atoms with van der Waals surface area (Å²) in [6, 6.07) is 1.84. The van der Waals surface area contributed by atoms with Crippen molar-refractivity contribution in [2.45, 2.75) is 13.0 Å². The first-order valence-corrected chi connectivity index (χ1v) is 4.82. The second-order valence-corrected chi connectivity index (χ2v) is 3.74. The molecular formula is C11H14N4. The van der Waals surface area contributed by atoms with E-state index in [9.17, 15) is 0 Å². The first-order valence-electron chi connectivity index (χ1n) is 4.82. The molecule has 2 aromatic rings. The fourth-order valence-corrected chi connectivity index (χ4v) is 1.51. The third-order valence-corrected chi connectivity index (χ3v) is 2.30. The van der Waals surface area contributed by atoms with E-state index in [1.165, 1.54) is 0 Å². The molecule has 0 aliphatic heterocycles. The van der Waals surface area contributed by atoms with Crippen molar-refractivity contribution in [1.29, 1.82) is 0 Å². The van der Waals surface area contributed by atoms with Gasteiger partial charge in [0, 0.05) is 25.6 Å². The molecule has 0 saturated carbocycles. The molecule has 15 heavy (non-hydrogen) atoms. The first-order chi connectivity index (χ1) is 7.16. The zero-order chi connectivity index (χ0) is 10.8. The van der Waals surface area contributed by atoms with Crippen molar-refractivity contribution in [1.82, 2.24) is 14.5 Å². The summed E-state index contributed by atoms with van der Waals surface area (Å²) in [7, 11) is 1.93. The number of hydrogen-bond donors (Lipinski definition) is 1. The van der Waals surface area contributed by atoms with Gasteiger partial charge in [0.2, 0.25) is 0 Å². The fourth-order valence-electron chi connectivity index (χ4n) is 1.51. The minimum atomic E-state index is -0.196. The van der Waals surface area contributed by atoms with Crippen LogP contribution in [0.5, 0.6) is 0 Å². The van der Waals surface area contributed by atoms with Gasteiger partial charge in [0.15, 0.2) is 0 Å². The first kappa shape index (κ1) is 9.86. The molecule has 0 fully saturated rings. The van der Waals surface area contributed by atoms with E-state index >= 15 is 0 Å². The van der Waals surface area contributed by atoms with Crippen LogP contribution >= 0.6 is 0 Å². The Hall–Kier alpha value is -1.68. The molecule has 2 aromatic heterocycles. The number of nitrogens with zero attached hydrogens (tertiary/aromatic N) is 3. The van der Waals surface area contributed by atoms with Crippen molar-refractivity contribution >= 4 is 0 Å². The standard InChI is InChI=1S/C11H14N4/c1-8-3-9(5-13-4-8)11(12)10-6-15(2)7-14-10/h3-7,11H,12H2,1-2H3. The van der Waals surface area contributed by atoms with Crippen LogP contribution in [0.4, 0.5) is 0 Å². The second-order valence-electron chi connectivity index (χ2n) is 3.74. The zero-order valence-electron chi connectivity index (χ0n) is 8.88. The lowest BCUT2D eigenvalue weighted by Gasteiger charge is -2.08. The molecule has 4 heteroatoms. The summed E-state index contributed by atoms with van der Waals surface area (Å²) >= 11 is 0. The van der Waals surface area contributed by atoms with Gasteiger partial charge in [0.25, 0.3) is 0 Å². The van der Waals surface area contributed by atoms with Crippen LogP contribution in [0.1, 0.15) is 22.9 Å². The SMILES string of the molecule is Cc1cncc(C(N)c2cn(C)cn2)c1. The predicted octanol–water partition coefficient (Wildman–Crippen LogP) is 1.17. The normalized spacial score (nSPS) is 12.7. The average molecular weight is 202 g/mol. The summed E-state index contributed by atoms with van der Waals surface area (Å²) in [5, 5.41) is 0. The molecule has 0 aromatic carbocycles. The van der Waals surface area contributed by atoms with Gasteiger partial charge in [-0.3, -0.25) is 4.98 Å². The third kappa shape index (κ3) is 2.05. The fraction of sp³-hybridized carbons (Fsp3) is 0.273. The van der Waals surface area contributed by atoms with E-state index in [-0.39, 0.29) is 6.04 Å². The second kappa shape index (κ2) is 3.82. The van der Waals surface area contributed by atoms with Gasteiger partial charge in [0.05, 0.1) is 18.1 Å². The Kier molecular flexibility index (Phi) is 2.51. The number of nitrogens with two attached hydrogens (primary N) is 1. The Morgan fingerprint density at radius 2 is 2.20 bits per heavy atom. The predicted molar refractivity (Wildman–Crippen MR) is 58.2 cm³/mol. The van der Waals surface area contributed by atoms with Crippen LogP contribution in [0, 0.1) is 6.92 Å². The van der Waals surface area contributed by atoms with Crippen LogP contribution < -0.4 is 5.73 Å². The molecule has 4 nitrogen and oxygen atoms in total. The third-order valence-electron chi connectivity index (χ3n) is 2.30. The van der Waals surface area contributed by atoms with Crippen molar-refractivity contribution in [3.05, 3.63) is 47.8 Å². The van der Waals surface area contributed by atoms with Gasteiger partial charge in [-0.05, 0) is 18.1 Å². The van der Waals surface area contributed by atoms with E-state index in [2.05, 4.69) is 9.97 Å². The minimum Gasteiger partial charge on any atom is -0.340 e. The minimum absolute atomic E-state index is 0.196. The van der Waals surface area contributed by atoms with Crippen molar-refractivity contribution in [2.24, 2.45) is 12.8 Å². The molecule has 0 radical (unpaired) electrons. The van der Waals surface area contributed by atoms with Gasteiger partial charge in [-0.25, -0.2) is 4.98 Å². The number of imidazole rings is 1. The lowest BCUT2D eigenvalue weighted by atomic mass is 10.1. The maximum atomic E-state index is 6.08. The van der Waals surface area contributed by atoms with Crippen molar-refractivity contribution in [3.63, 3.8) is 0 Å². The molecule has 2 heterocycles. The molecule has 1 atom stereocenters. The summed E-state index contributed by atoms with van der Waals surface area (Å²) in [4.78, 5) is 8.35. The number of aryl methyl sites for hydroxylation is 2. The Morgan fingerprint density at radius 3 is 2.80 bits per heavy atom. The van der Waals surface area contributed by atoms with Gasteiger partial charge >= 0.3 is 0 Å². The lowest BCUT2D eigenvalue weighted by Crippen LogP contribution is -2.12. The Labute approximate surface area is 88.8 Å². The molecule has 2 N–H and O–H groups in total.